The van der Waals surface area contributed by atoms with Crippen LogP contribution in [0.5, 0.6) is 5.75 Å². The van der Waals surface area contributed by atoms with Crippen molar-refractivity contribution in [1.29, 1.82) is 0 Å². The number of Topliss-reactive ketones (excluding diaryl/α,β-unsaturated/α-hetero) is 2. The molecule has 9 heteroatoms. The Kier molecular flexibility index (Phi) is 3.98. The number of rotatable bonds is 1. The van der Waals surface area contributed by atoms with Gasteiger partial charge in [0.05, 0.1) is 11.2 Å². The minimum Gasteiger partial charge on any atom is -0.511 e. The van der Waals surface area contributed by atoms with E-state index in [-0.39, 0.29) is 17.5 Å². The maximum Gasteiger partial charge on any atom is 0.255 e. The lowest BCUT2D eigenvalue weighted by Gasteiger charge is -2.51. The third kappa shape index (κ3) is 2.16. The van der Waals surface area contributed by atoms with Crippen molar-refractivity contribution in [2.24, 2.45) is 23.5 Å². The van der Waals surface area contributed by atoms with Crippen molar-refractivity contribution in [3.8, 4) is 5.75 Å². The van der Waals surface area contributed by atoms with E-state index >= 15 is 0 Å². The molecule has 0 aliphatic heterocycles. The number of phenols is 1. The molecule has 3 aliphatic rings. The molecule has 0 heterocycles. The Hall–Kier alpha value is -3.17. The Labute approximate surface area is 170 Å². The third-order valence-electron chi connectivity index (χ3n) is 6.84. The highest BCUT2D eigenvalue weighted by Gasteiger charge is 2.64. The van der Waals surface area contributed by atoms with E-state index in [1.165, 1.54) is 32.0 Å². The molecule has 0 bridgehead atoms. The fourth-order valence-corrected chi connectivity index (χ4v) is 5.19. The van der Waals surface area contributed by atoms with Gasteiger partial charge in [-0.2, -0.15) is 0 Å². The largest absolute Gasteiger partial charge is 0.511 e. The molecule has 1 amide bonds. The van der Waals surface area contributed by atoms with E-state index in [1.54, 1.807) is 0 Å². The normalized spacial score (nSPS) is 35.7. The second-order valence-corrected chi connectivity index (χ2v) is 8.34. The Morgan fingerprint density at radius 1 is 1.17 bits per heavy atom. The predicted molar refractivity (Wildman–Crippen MR) is 101 cm³/mol. The van der Waals surface area contributed by atoms with Crippen LogP contribution in [0, 0.1) is 17.8 Å². The first-order chi connectivity index (χ1) is 13.9. The van der Waals surface area contributed by atoms with E-state index in [0.29, 0.717) is 0 Å². The second kappa shape index (κ2) is 5.93. The number of hydrogen-bond donors (Lipinski definition) is 6. The number of fused-ring (bicyclic) bond motifs is 3. The maximum absolute atomic E-state index is 13.2. The van der Waals surface area contributed by atoms with Crippen LogP contribution >= 0.6 is 0 Å². The van der Waals surface area contributed by atoms with Crippen molar-refractivity contribution in [2.45, 2.75) is 31.5 Å². The van der Waals surface area contributed by atoms with Crippen molar-refractivity contribution >= 4 is 17.5 Å². The summed E-state index contributed by atoms with van der Waals surface area (Å²) in [5.74, 6) is -8.63. The van der Waals surface area contributed by atoms with Gasteiger partial charge in [0.2, 0.25) is 5.78 Å². The number of carbonyl (C=O) groups is 3. The van der Waals surface area contributed by atoms with Crippen LogP contribution in [0.4, 0.5) is 0 Å². The Morgan fingerprint density at radius 3 is 2.40 bits per heavy atom. The predicted octanol–water partition coefficient (Wildman–Crippen LogP) is 0.491. The van der Waals surface area contributed by atoms with Crippen LogP contribution in [-0.4, -0.2) is 48.6 Å². The molecule has 0 spiro atoms. The summed E-state index contributed by atoms with van der Waals surface area (Å²) in [6.45, 7) is 2.84. The number of benzene rings is 1. The summed E-state index contributed by atoms with van der Waals surface area (Å²) >= 11 is 0. The summed E-state index contributed by atoms with van der Waals surface area (Å²) in [4.78, 5) is 37.9. The van der Waals surface area contributed by atoms with Crippen LogP contribution in [-0.2, 0) is 15.2 Å². The summed E-state index contributed by atoms with van der Waals surface area (Å²) in [5.41, 5.74) is -0.586. The van der Waals surface area contributed by atoms with Gasteiger partial charge in [-0.25, -0.2) is 0 Å². The maximum atomic E-state index is 13.2. The van der Waals surface area contributed by atoms with Crippen molar-refractivity contribution in [3.05, 3.63) is 52.0 Å². The number of amides is 1. The number of carbonyl (C=O) groups excluding carboxylic acids is 3. The summed E-state index contributed by atoms with van der Waals surface area (Å²) in [7, 11) is 0. The Bertz CT molecular complexity index is 1100. The number of allylic oxidation sites excluding steroid dienone is 1. The molecule has 0 saturated heterocycles. The van der Waals surface area contributed by atoms with Crippen LogP contribution in [0.1, 0.15) is 36.2 Å². The molecule has 1 aromatic carbocycles. The summed E-state index contributed by atoms with van der Waals surface area (Å²) in [5, 5.41) is 54.1. The van der Waals surface area contributed by atoms with Crippen LogP contribution in [0.15, 0.2) is 40.9 Å². The van der Waals surface area contributed by atoms with Gasteiger partial charge in [0.15, 0.2) is 11.4 Å². The zero-order chi connectivity index (χ0) is 22.3. The topological polar surface area (TPSA) is 178 Å². The lowest BCUT2D eigenvalue weighted by Crippen LogP contribution is -2.61. The van der Waals surface area contributed by atoms with Gasteiger partial charge in [-0.05, 0) is 25.0 Å². The molecule has 5 unspecified atom stereocenters. The molecular weight excluding hydrogens is 394 g/mol. The van der Waals surface area contributed by atoms with Gasteiger partial charge in [0, 0.05) is 23.3 Å². The monoisotopic (exact) mass is 415 g/mol. The summed E-state index contributed by atoms with van der Waals surface area (Å²) in [6, 6.07) is 4.18. The van der Waals surface area contributed by atoms with Gasteiger partial charge >= 0.3 is 0 Å². The third-order valence-corrected chi connectivity index (χ3v) is 6.84. The molecule has 1 aromatic rings. The van der Waals surface area contributed by atoms with E-state index in [2.05, 4.69) is 0 Å². The Balaban J connectivity index is 2.03. The molecular formula is C21H21NO8. The van der Waals surface area contributed by atoms with Crippen molar-refractivity contribution in [1.82, 2.24) is 0 Å². The molecule has 5 atom stereocenters. The zero-order valence-corrected chi connectivity index (χ0v) is 16.2. The highest BCUT2D eigenvalue weighted by molar-refractivity contribution is 6.24. The standard InChI is InChI=1S/C21H21NO8/c1-7-9-6-10-13(16(25)12-8(20(10,2)29)4-3-5-11(12)23)17(26)21(9,30)18(27)14(15(7)24)19(22)28/h3-5,7,9-10,23-24,26,29-30H,6H2,1-2H3,(H2,22,28). The van der Waals surface area contributed by atoms with Crippen LogP contribution in [0.25, 0.3) is 0 Å². The first-order valence-electron chi connectivity index (χ1n) is 9.39. The lowest BCUT2D eigenvalue weighted by molar-refractivity contribution is -0.150. The number of aliphatic hydroxyl groups excluding tert-OH is 2. The number of primary amides is 1. The van der Waals surface area contributed by atoms with Gasteiger partial charge in [-0.3, -0.25) is 14.4 Å². The molecule has 158 valence electrons. The van der Waals surface area contributed by atoms with Gasteiger partial charge in [0.1, 0.15) is 22.8 Å². The molecule has 0 saturated carbocycles. The molecule has 7 N–H and O–H groups in total. The summed E-state index contributed by atoms with van der Waals surface area (Å²) in [6.07, 6.45) is -0.160. The fourth-order valence-electron chi connectivity index (χ4n) is 5.19. The van der Waals surface area contributed by atoms with E-state index < -0.39 is 74.8 Å². The number of ketones is 2. The molecule has 0 fully saturated rings. The fraction of sp³-hybridized carbons (Fsp3) is 0.381. The Morgan fingerprint density at radius 2 is 1.80 bits per heavy atom. The van der Waals surface area contributed by atoms with E-state index in [9.17, 15) is 39.9 Å². The number of phenolic OH excluding ortho intramolecular Hbond substituents is 1. The highest BCUT2D eigenvalue weighted by atomic mass is 16.3. The first kappa shape index (κ1) is 20.1. The number of hydrogen-bond acceptors (Lipinski definition) is 8. The second-order valence-electron chi connectivity index (χ2n) is 8.34. The van der Waals surface area contributed by atoms with Gasteiger partial charge in [-0.1, -0.05) is 19.1 Å². The number of nitrogens with two attached hydrogens (primary N) is 1. The SMILES string of the molecule is CC1C(O)=C(C(N)=O)C(=O)C2(O)C(O)=C3C(=O)c4c(O)cccc4C(C)(O)C3CC12. The molecule has 9 nitrogen and oxygen atoms in total. The molecule has 0 radical (unpaired) electrons. The summed E-state index contributed by atoms with van der Waals surface area (Å²) < 4.78 is 0. The van der Waals surface area contributed by atoms with Crippen molar-refractivity contribution < 1.29 is 39.9 Å². The minimum absolute atomic E-state index is 0.145. The first-order valence-corrected chi connectivity index (χ1v) is 9.39. The number of aliphatic hydroxyl groups is 4. The smallest absolute Gasteiger partial charge is 0.255 e. The molecule has 30 heavy (non-hydrogen) atoms. The van der Waals surface area contributed by atoms with Crippen molar-refractivity contribution in [2.75, 3.05) is 0 Å². The van der Waals surface area contributed by atoms with Crippen LogP contribution in [0.2, 0.25) is 0 Å². The minimum atomic E-state index is -2.69. The average molecular weight is 415 g/mol. The van der Waals surface area contributed by atoms with Crippen molar-refractivity contribution in [3.63, 3.8) is 0 Å². The quantitative estimate of drug-likeness (QED) is 0.359. The molecule has 3 aliphatic carbocycles. The molecule has 0 aromatic heterocycles. The molecule has 4 rings (SSSR count). The number of aromatic hydroxyl groups is 1. The van der Waals surface area contributed by atoms with Crippen LogP contribution < -0.4 is 5.73 Å². The van der Waals surface area contributed by atoms with E-state index in [4.69, 9.17) is 5.73 Å². The zero-order valence-electron chi connectivity index (χ0n) is 16.2. The van der Waals surface area contributed by atoms with E-state index in [0.717, 1.165) is 0 Å². The van der Waals surface area contributed by atoms with E-state index in [1.807, 2.05) is 0 Å². The highest BCUT2D eigenvalue weighted by Crippen LogP contribution is 2.57. The van der Waals surface area contributed by atoms with Gasteiger partial charge in [0.25, 0.3) is 5.91 Å². The van der Waals surface area contributed by atoms with Gasteiger partial charge < -0.3 is 31.3 Å². The van der Waals surface area contributed by atoms with Crippen LogP contribution in [0.3, 0.4) is 0 Å². The van der Waals surface area contributed by atoms with Gasteiger partial charge in [-0.15, -0.1) is 0 Å². The lowest BCUT2D eigenvalue weighted by atomic mass is 9.54. The average Bonchev–Trinajstić information content (AvgIpc) is 2.66.